The summed E-state index contributed by atoms with van der Waals surface area (Å²) in [5.41, 5.74) is 1.69. The molecule has 4 nitrogen and oxygen atoms in total. The minimum atomic E-state index is -0.536. The van der Waals surface area contributed by atoms with Crippen LogP contribution in [0.3, 0.4) is 0 Å². The molecule has 4 rings (SSSR count). The number of hydrogen-bond acceptors (Lipinski definition) is 3. The fourth-order valence-corrected chi connectivity index (χ4v) is 3.73. The first-order chi connectivity index (χ1) is 12.0. The molecule has 130 valence electrons. The van der Waals surface area contributed by atoms with E-state index in [2.05, 4.69) is 5.32 Å². The monoisotopic (exact) mass is 364 g/mol. The van der Waals surface area contributed by atoms with Crippen molar-refractivity contribution in [2.24, 2.45) is 0 Å². The predicted octanol–water partition coefficient (Wildman–Crippen LogP) is 3.69. The lowest BCUT2D eigenvalue weighted by Crippen LogP contribution is -2.48. The van der Waals surface area contributed by atoms with Crippen LogP contribution in [0.1, 0.15) is 17.0 Å². The van der Waals surface area contributed by atoms with Crippen LogP contribution in [0.25, 0.3) is 0 Å². The van der Waals surface area contributed by atoms with E-state index in [9.17, 15) is 13.6 Å². The molecular weight excluding hydrogens is 350 g/mol. The fraction of sp³-hybridized carbons (Fsp3) is 0.278. The van der Waals surface area contributed by atoms with E-state index in [-0.39, 0.29) is 29.3 Å². The van der Waals surface area contributed by atoms with Crippen LogP contribution in [0.15, 0.2) is 36.4 Å². The number of ether oxygens (including phenoxy) is 1. The summed E-state index contributed by atoms with van der Waals surface area (Å²) in [6, 6.07) is 8.19. The van der Waals surface area contributed by atoms with Gasteiger partial charge in [0.05, 0.1) is 11.1 Å². The van der Waals surface area contributed by atoms with Gasteiger partial charge in [-0.15, -0.1) is 0 Å². The Morgan fingerprint density at radius 1 is 1.20 bits per heavy atom. The molecule has 0 aromatic heterocycles. The van der Waals surface area contributed by atoms with E-state index in [1.165, 1.54) is 30.3 Å². The molecule has 2 aliphatic heterocycles. The molecule has 2 atom stereocenters. The van der Waals surface area contributed by atoms with Crippen molar-refractivity contribution in [3.63, 3.8) is 0 Å². The molecule has 1 saturated heterocycles. The molecule has 1 unspecified atom stereocenters. The number of benzene rings is 2. The van der Waals surface area contributed by atoms with Gasteiger partial charge in [-0.05, 0) is 47.5 Å². The van der Waals surface area contributed by atoms with Gasteiger partial charge in [0.1, 0.15) is 17.4 Å². The Kier molecular flexibility index (Phi) is 4.09. The number of fused-ring (bicyclic) bond motifs is 3. The zero-order chi connectivity index (χ0) is 17.6. The number of carbonyl (C=O) groups is 1. The van der Waals surface area contributed by atoms with Gasteiger partial charge in [-0.1, -0.05) is 11.6 Å². The molecule has 0 aliphatic carbocycles. The Morgan fingerprint density at radius 2 is 1.96 bits per heavy atom. The van der Waals surface area contributed by atoms with Crippen LogP contribution in [0.4, 0.5) is 13.6 Å². The van der Waals surface area contributed by atoms with E-state index in [4.69, 9.17) is 16.3 Å². The Labute approximate surface area is 148 Å². The van der Waals surface area contributed by atoms with Crippen LogP contribution in [0.2, 0.25) is 5.02 Å². The Balaban J connectivity index is 1.62. The van der Waals surface area contributed by atoms with Crippen molar-refractivity contribution < 1.29 is 18.3 Å². The number of halogens is 3. The topological polar surface area (TPSA) is 41.6 Å². The molecule has 2 heterocycles. The second kappa shape index (κ2) is 6.28. The summed E-state index contributed by atoms with van der Waals surface area (Å²) < 4.78 is 32.2. The summed E-state index contributed by atoms with van der Waals surface area (Å²) in [5, 5.41) is 3.35. The highest BCUT2D eigenvalue weighted by Gasteiger charge is 2.41. The largest absolute Gasteiger partial charge is 0.415 e. The summed E-state index contributed by atoms with van der Waals surface area (Å²) >= 11 is 5.92. The van der Waals surface area contributed by atoms with Crippen molar-refractivity contribution >= 4 is 17.7 Å². The molecule has 1 amide bonds. The maximum absolute atomic E-state index is 13.8. The van der Waals surface area contributed by atoms with Crippen molar-refractivity contribution in [1.29, 1.82) is 0 Å². The highest BCUT2D eigenvalue weighted by molar-refractivity contribution is 6.30. The van der Waals surface area contributed by atoms with Gasteiger partial charge in [0.2, 0.25) is 0 Å². The van der Waals surface area contributed by atoms with E-state index < -0.39 is 17.7 Å². The quantitative estimate of drug-likeness (QED) is 0.839. The maximum atomic E-state index is 13.8. The second-order valence-electron chi connectivity index (χ2n) is 6.25. The number of nitrogens with zero attached hydrogens (tertiary/aromatic N) is 1. The average Bonchev–Trinajstić information content (AvgIpc) is 3.07. The van der Waals surface area contributed by atoms with Gasteiger partial charge in [0, 0.05) is 25.6 Å². The summed E-state index contributed by atoms with van der Waals surface area (Å²) in [6.45, 7) is 1.55. The summed E-state index contributed by atoms with van der Waals surface area (Å²) in [4.78, 5) is 14.2. The van der Waals surface area contributed by atoms with E-state index in [0.717, 1.165) is 11.1 Å². The van der Waals surface area contributed by atoms with Gasteiger partial charge in [0.15, 0.2) is 0 Å². The SMILES string of the molecule is O=C(Oc1ccc(F)cc1)N1Cc2cc(F)c(Cl)cc2C2CNC[C@H]21. The summed E-state index contributed by atoms with van der Waals surface area (Å²) in [6.07, 6.45) is -0.536. The zero-order valence-electron chi connectivity index (χ0n) is 13.1. The van der Waals surface area contributed by atoms with Gasteiger partial charge in [-0.25, -0.2) is 13.6 Å². The van der Waals surface area contributed by atoms with Crippen molar-refractivity contribution in [2.75, 3.05) is 13.1 Å². The summed E-state index contributed by atoms with van der Waals surface area (Å²) in [7, 11) is 0. The van der Waals surface area contributed by atoms with E-state index >= 15 is 0 Å². The van der Waals surface area contributed by atoms with Crippen LogP contribution in [-0.2, 0) is 6.54 Å². The maximum Gasteiger partial charge on any atom is 0.415 e. The standard InChI is InChI=1S/C18H15ClF2N2O2/c19-15-6-13-10(5-16(15)21)9-23(17-8-22-7-14(13)17)18(24)25-12-3-1-11(20)2-4-12/h1-6,14,17,22H,7-9H2/t14?,17-/m1/s1. The van der Waals surface area contributed by atoms with Crippen LogP contribution in [0, 0.1) is 11.6 Å². The molecule has 7 heteroatoms. The van der Waals surface area contributed by atoms with E-state index in [1.54, 1.807) is 11.0 Å². The van der Waals surface area contributed by atoms with Gasteiger partial charge in [0.25, 0.3) is 0 Å². The molecule has 1 fully saturated rings. The van der Waals surface area contributed by atoms with Gasteiger partial charge < -0.3 is 10.1 Å². The Hall–Kier alpha value is -2.18. The lowest BCUT2D eigenvalue weighted by atomic mass is 9.85. The van der Waals surface area contributed by atoms with Gasteiger partial charge in [-0.3, -0.25) is 4.90 Å². The molecule has 25 heavy (non-hydrogen) atoms. The molecule has 0 spiro atoms. The summed E-state index contributed by atoms with van der Waals surface area (Å²) in [5.74, 6) is -0.611. The van der Waals surface area contributed by atoms with Crippen LogP contribution < -0.4 is 10.1 Å². The first-order valence-electron chi connectivity index (χ1n) is 7.95. The van der Waals surface area contributed by atoms with Crippen LogP contribution in [-0.4, -0.2) is 30.1 Å². The zero-order valence-corrected chi connectivity index (χ0v) is 13.9. The normalized spacial score (nSPS) is 21.6. The smallest absolute Gasteiger partial charge is 0.410 e. The minimum absolute atomic E-state index is 0.0302. The van der Waals surface area contributed by atoms with Crippen LogP contribution >= 0.6 is 11.6 Å². The van der Waals surface area contributed by atoms with Crippen molar-refractivity contribution in [3.05, 3.63) is 64.2 Å². The van der Waals surface area contributed by atoms with Crippen molar-refractivity contribution in [1.82, 2.24) is 10.2 Å². The first-order valence-corrected chi connectivity index (χ1v) is 8.33. The molecule has 2 aromatic carbocycles. The number of nitrogens with one attached hydrogen (secondary N) is 1. The van der Waals surface area contributed by atoms with E-state index in [0.29, 0.717) is 13.1 Å². The minimum Gasteiger partial charge on any atom is -0.410 e. The lowest BCUT2D eigenvalue weighted by Gasteiger charge is -2.37. The van der Waals surface area contributed by atoms with Crippen LogP contribution in [0.5, 0.6) is 5.75 Å². The van der Waals surface area contributed by atoms with Gasteiger partial charge >= 0.3 is 6.09 Å². The molecule has 0 bridgehead atoms. The number of rotatable bonds is 1. The molecular formula is C18H15ClF2N2O2. The first kappa shape index (κ1) is 16.3. The predicted molar refractivity (Wildman–Crippen MR) is 88.8 cm³/mol. The third-order valence-corrected chi connectivity index (χ3v) is 5.05. The number of hydrogen-bond donors (Lipinski definition) is 1. The number of amides is 1. The average molecular weight is 365 g/mol. The molecule has 2 aliphatic rings. The third kappa shape index (κ3) is 2.96. The van der Waals surface area contributed by atoms with E-state index in [1.807, 2.05) is 0 Å². The molecule has 1 N–H and O–H groups in total. The Morgan fingerprint density at radius 3 is 2.72 bits per heavy atom. The Bertz CT molecular complexity index is 829. The molecule has 2 aromatic rings. The second-order valence-corrected chi connectivity index (χ2v) is 6.65. The third-order valence-electron chi connectivity index (χ3n) is 4.76. The van der Waals surface area contributed by atoms with Gasteiger partial charge in [-0.2, -0.15) is 0 Å². The highest BCUT2D eigenvalue weighted by Crippen LogP contribution is 2.38. The molecule has 0 saturated carbocycles. The van der Waals surface area contributed by atoms with Crippen molar-refractivity contribution in [3.8, 4) is 5.75 Å². The van der Waals surface area contributed by atoms with Crippen molar-refractivity contribution in [2.45, 2.75) is 18.5 Å². The molecule has 0 radical (unpaired) electrons. The number of carbonyl (C=O) groups excluding carboxylic acids is 1. The lowest BCUT2D eigenvalue weighted by molar-refractivity contribution is 0.121. The highest BCUT2D eigenvalue weighted by atomic mass is 35.5. The fourth-order valence-electron chi connectivity index (χ4n) is 3.56.